The van der Waals surface area contributed by atoms with Crippen LogP contribution in [0, 0.1) is 12.8 Å². The van der Waals surface area contributed by atoms with E-state index in [1.165, 1.54) is 22.6 Å². The van der Waals surface area contributed by atoms with Gasteiger partial charge in [0.15, 0.2) is 0 Å². The molecule has 1 aliphatic carbocycles. The molecule has 9 nitrogen and oxygen atoms in total. The highest BCUT2D eigenvalue weighted by Crippen LogP contribution is 2.43. The first-order chi connectivity index (χ1) is 17.1. The second-order valence-corrected chi connectivity index (χ2v) is 11.1. The lowest BCUT2D eigenvalue weighted by Crippen LogP contribution is -2.49. The van der Waals surface area contributed by atoms with Gasteiger partial charge in [0.25, 0.3) is 0 Å². The van der Waals surface area contributed by atoms with Crippen molar-refractivity contribution < 1.29 is 27.6 Å². The maximum atomic E-state index is 13.9. The smallest absolute Gasteiger partial charge is 0.356 e. The summed E-state index contributed by atoms with van der Waals surface area (Å²) in [5.41, 5.74) is 2.46. The lowest BCUT2D eigenvalue weighted by molar-refractivity contribution is -0.139. The summed E-state index contributed by atoms with van der Waals surface area (Å²) < 4.78 is 35.6. The average Bonchev–Trinajstić information content (AvgIpc) is 3.66. The number of halogens is 1. The number of ether oxygens (including phenoxy) is 1. The zero-order valence-electron chi connectivity index (χ0n) is 20.0. The maximum absolute atomic E-state index is 13.9. The number of aryl methyl sites for hydroxylation is 1. The Morgan fingerprint density at radius 1 is 1.11 bits per heavy atom. The van der Waals surface area contributed by atoms with Gasteiger partial charge in [0.1, 0.15) is 0 Å². The minimum Gasteiger partial charge on any atom is -0.463 e. The molecule has 1 unspecified atom stereocenters. The van der Waals surface area contributed by atoms with Crippen LogP contribution in [0.1, 0.15) is 52.9 Å². The molecular formula is C25H28ClN3O6S. The van der Waals surface area contributed by atoms with E-state index in [1.807, 2.05) is 13.0 Å². The molecule has 0 bridgehead atoms. The number of nitrogens with zero attached hydrogens (tertiary/aromatic N) is 2. The first-order valence-corrected chi connectivity index (χ1v) is 13.4. The minimum absolute atomic E-state index is 0.0568. The summed E-state index contributed by atoms with van der Waals surface area (Å²) in [4.78, 5) is 29.0. The molecule has 4 rings (SSSR count). The van der Waals surface area contributed by atoms with Gasteiger partial charge in [0.05, 0.1) is 30.3 Å². The molecule has 2 aliphatic rings. The highest BCUT2D eigenvalue weighted by Gasteiger charge is 2.46. The number of esters is 1. The largest absolute Gasteiger partial charge is 0.463 e. The van der Waals surface area contributed by atoms with Crippen LogP contribution in [0.2, 0.25) is 5.02 Å². The molecule has 0 radical (unpaired) electrons. The van der Waals surface area contributed by atoms with Gasteiger partial charge in [0, 0.05) is 17.8 Å². The summed E-state index contributed by atoms with van der Waals surface area (Å²) in [5.74, 6) is 3.82. The highest BCUT2D eigenvalue weighted by molar-refractivity contribution is 7.86. The SMILES string of the molecule is CCOC(=O)C1=CN(Cc2ccc(C(=O)ON)cc2)S(=O)(=O)N(CC2CC2)C1c1ccc(C)cc1Cl. The fourth-order valence-corrected chi connectivity index (χ4v) is 6.21. The van der Waals surface area contributed by atoms with Gasteiger partial charge < -0.3 is 9.57 Å². The molecule has 1 saturated carbocycles. The van der Waals surface area contributed by atoms with Gasteiger partial charge in [-0.15, -0.1) is 0 Å². The van der Waals surface area contributed by atoms with Crippen molar-refractivity contribution in [3.63, 3.8) is 0 Å². The van der Waals surface area contributed by atoms with E-state index in [4.69, 9.17) is 22.2 Å². The molecule has 2 N–H and O–H groups in total. The lowest BCUT2D eigenvalue weighted by Gasteiger charge is -2.40. The molecule has 0 spiro atoms. The quantitative estimate of drug-likeness (QED) is 0.406. The predicted octanol–water partition coefficient (Wildman–Crippen LogP) is 3.64. The summed E-state index contributed by atoms with van der Waals surface area (Å²) >= 11 is 6.58. The van der Waals surface area contributed by atoms with E-state index in [2.05, 4.69) is 4.84 Å². The summed E-state index contributed by atoms with van der Waals surface area (Å²) in [6, 6.07) is 10.6. The molecule has 1 aliphatic heterocycles. The third-order valence-electron chi connectivity index (χ3n) is 6.19. The second kappa shape index (κ2) is 10.6. The number of carbonyl (C=O) groups is 2. The van der Waals surface area contributed by atoms with Crippen LogP contribution < -0.4 is 5.90 Å². The Morgan fingerprint density at radius 3 is 2.39 bits per heavy atom. The molecular weight excluding hydrogens is 506 g/mol. The fourth-order valence-electron chi connectivity index (χ4n) is 4.15. The van der Waals surface area contributed by atoms with Gasteiger partial charge in [-0.05, 0) is 67.5 Å². The molecule has 11 heteroatoms. The summed E-state index contributed by atoms with van der Waals surface area (Å²) in [5, 5.41) is 0.377. The summed E-state index contributed by atoms with van der Waals surface area (Å²) in [6.07, 6.45) is 3.16. The van der Waals surface area contributed by atoms with Crippen molar-refractivity contribution in [3.05, 3.63) is 81.5 Å². The molecule has 0 amide bonds. The standard InChI is InChI=1S/C25H28ClN3O6S/c1-3-34-25(31)21-15-28(13-17-7-9-19(10-8-17)24(30)35-27)36(32,33)29(14-18-5-6-18)23(21)20-11-4-16(2)12-22(20)26/h4,7-12,15,18,23H,3,5-6,13-14,27H2,1-2H3. The van der Waals surface area contributed by atoms with Gasteiger partial charge in [-0.25, -0.2) is 9.59 Å². The van der Waals surface area contributed by atoms with Crippen molar-refractivity contribution in [1.29, 1.82) is 0 Å². The van der Waals surface area contributed by atoms with E-state index in [-0.39, 0.29) is 36.8 Å². The van der Waals surface area contributed by atoms with Gasteiger partial charge in [-0.1, -0.05) is 35.9 Å². The number of carbonyl (C=O) groups excluding carboxylic acids is 2. The number of nitrogens with two attached hydrogens (primary N) is 1. The van der Waals surface area contributed by atoms with Crippen LogP contribution >= 0.6 is 11.6 Å². The zero-order chi connectivity index (χ0) is 26.0. The van der Waals surface area contributed by atoms with Crippen LogP contribution in [0.3, 0.4) is 0 Å². The van der Waals surface area contributed by atoms with Crippen molar-refractivity contribution in [1.82, 2.24) is 8.61 Å². The molecule has 36 heavy (non-hydrogen) atoms. The maximum Gasteiger partial charge on any atom is 0.356 e. The lowest BCUT2D eigenvalue weighted by atomic mass is 9.97. The van der Waals surface area contributed by atoms with E-state index in [0.717, 1.165) is 22.7 Å². The van der Waals surface area contributed by atoms with E-state index >= 15 is 0 Å². The number of hydrogen-bond acceptors (Lipinski definition) is 7. The first-order valence-electron chi connectivity index (χ1n) is 11.6. The molecule has 1 atom stereocenters. The van der Waals surface area contributed by atoms with Crippen molar-refractivity contribution in [2.45, 2.75) is 39.3 Å². The molecule has 1 fully saturated rings. The van der Waals surface area contributed by atoms with E-state index in [9.17, 15) is 18.0 Å². The third-order valence-corrected chi connectivity index (χ3v) is 8.30. The van der Waals surface area contributed by atoms with Gasteiger partial charge in [-0.2, -0.15) is 18.6 Å². The third kappa shape index (κ3) is 5.41. The Labute approximate surface area is 215 Å². The van der Waals surface area contributed by atoms with E-state index < -0.39 is 28.2 Å². The van der Waals surface area contributed by atoms with Crippen LogP contribution in [0.25, 0.3) is 0 Å². The summed E-state index contributed by atoms with van der Waals surface area (Å²) in [6.45, 7) is 3.92. The average molecular weight is 534 g/mol. The van der Waals surface area contributed by atoms with Crippen LogP contribution in [0.4, 0.5) is 0 Å². The van der Waals surface area contributed by atoms with Crippen molar-refractivity contribution >= 4 is 33.7 Å². The minimum atomic E-state index is -4.04. The van der Waals surface area contributed by atoms with Crippen LogP contribution in [-0.4, -0.2) is 42.1 Å². The first kappa shape index (κ1) is 26.2. The molecule has 2 aromatic carbocycles. The predicted molar refractivity (Wildman–Crippen MR) is 134 cm³/mol. The van der Waals surface area contributed by atoms with Crippen LogP contribution in [0.15, 0.2) is 54.2 Å². The van der Waals surface area contributed by atoms with Gasteiger partial charge in [0.2, 0.25) is 0 Å². The molecule has 0 aromatic heterocycles. The van der Waals surface area contributed by atoms with Crippen LogP contribution in [0.5, 0.6) is 0 Å². The topological polar surface area (TPSA) is 119 Å². The fraction of sp³-hybridized carbons (Fsp3) is 0.360. The van der Waals surface area contributed by atoms with Gasteiger partial charge >= 0.3 is 22.1 Å². The Morgan fingerprint density at radius 2 is 1.81 bits per heavy atom. The number of hydrogen-bond donors (Lipinski definition) is 1. The second-order valence-electron chi connectivity index (χ2n) is 8.90. The number of benzene rings is 2. The Hall–Kier alpha value is -2.92. The molecule has 192 valence electrons. The Kier molecular flexibility index (Phi) is 7.70. The summed E-state index contributed by atoms with van der Waals surface area (Å²) in [7, 11) is -4.04. The normalized spacial score (nSPS) is 19.5. The van der Waals surface area contributed by atoms with Crippen molar-refractivity contribution in [3.8, 4) is 0 Å². The van der Waals surface area contributed by atoms with Gasteiger partial charge in [-0.3, -0.25) is 4.31 Å². The van der Waals surface area contributed by atoms with Crippen molar-refractivity contribution in [2.24, 2.45) is 11.8 Å². The Bertz CT molecular complexity index is 1290. The monoisotopic (exact) mass is 533 g/mol. The molecule has 2 aromatic rings. The van der Waals surface area contributed by atoms with Crippen molar-refractivity contribution in [2.75, 3.05) is 13.2 Å². The van der Waals surface area contributed by atoms with Crippen LogP contribution in [-0.2, 0) is 31.1 Å². The Balaban J connectivity index is 1.79. The highest BCUT2D eigenvalue weighted by atomic mass is 35.5. The molecule has 1 heterocycles. The number of rotatable bonds is 8. The zero-order valence-corrected chi connectivity index (χ0v) is 21.6. The molecule has 0 saturated heterocycles. The van der Waals surface area contributed by atoms with E-state index in [0.29, 0.717) is 16.1 Å². The van der Waals surface area contributed by atoms with E-state index in [1.54, 1.807) is 31.2 Å².